The van der Waals surface area contributed by atoms with Gasteiger partial charge in [-0.3, -0.25) is 10.2 Å². The summed E-state index contributed by atoms with van der Waals surface area (Å²) < 4.78 is 29.6. The largest absolute Gasteiger partial charge is 0.384 e. The molecule has 1 atom stereocenters. The monoisotopic (exact) mass is 521 g/mol. The third-order valence-corrected chi connectivity index (χ3v) is 8.52. The summed E-state index contributed by atoms with van der Waals surface area (Å²) >= 11 is 0. The lowest BCUT2D eigenvalue weighted by atomic mass is 9.91. The molecule has 1 amide bonds. The molecule has 1 aliphatic heterocycles. The molecule has 1 heterocycles. The molecule has 1 aliphatic rings. The Labute approximate surface area is 218 Å². The van der Waals surface area contributed by atoms with Crippen LogP contribution in [0.1, 0.15) is 36.8 Å². The zero-order valence-corrected chi connectivity index (χ0v) is 21.7. The van der Waals surface area contributed by atoms with Gasteiger partial charge in [-0.05, 0) is 79.1 Å². The number of nitrogens with two attached hydrogens (primary N) is 2. The number of benzene rings is 3. The maximum absolute atomic E-state index is 13.7. The highest BCUT2D eigenvalue weighted by molar-refractivity contribution is 7.89. The summed E-state index contributed by atoms with van der Waals surface area (Å²) in [5.41, 5.74) is 12.6. The topological polar surface area (TPSA) is 142 Å². The number of amides is 1. The van der Waals surface area contributed by atoms with Gasteiger partial charge < -0.3 is 16.4 Å². The predicted molar refractivity (Wildman–Crippen MR) is 147 cm³/mol. The molecule has 196 valence electrons. The van der Waals surface area contributed by atoms with Crippen LogP contribution in [0, 0.1) is 11.3 Å². The van der Waals surface area contributed by atoms with E-state index >= 15 is 0 Å². The Bertz CT molecular complexity index is 1370. The van der Waals surface area contributed by atoms with Crippen LogP contribution in [0.2, 0.25) is 0 Å². The second-order valence-electron chi connectivity index (χ2n) is 9.70. The molecule has 37 heavy (non-hydrogen) atoms. The van der Waals surface area contributed by atoms with E-state index in [1.54, 1.807) is 41.3 Å². The number of sulfonamides is 1. The number of nitrogens with zero attached hydrogens (tertiary/aromatic N) is 1. The number of amidine groups is 1. The number of nitrogen functional groups attached to an aromatic ring is 1. The second-order valence-corrected chi connectivity index (χ2v) is 11.4. The first-order chi connectivity index (χ1) is 17.8. The van der Waals surface area contributed by atoms with Crippen LogP contribution < -0.4 is 16.2 Å². The third-order valence-electron chi connectivity index (χ3n) is 7.05. The molecule has 0 unspecified atom stereocenters. The smallest absolute Gasteiger partial charge is 0.241 e. The minimum Gasteiger partial charge on any atom is -0.384 e. The van der Waals surface area contributed by atoms with Gasteiger partial charge >= 0.3 is 0 Å². The van der Waals surface area contributed by atoms with Crippen molar-refractivity contribution in [2.45, 2.75) is 43.0 Å². The number of rotatable bonds is 10. The van der Waals surface area contributed by atoms with E-state index in [0.29, 0.717) is 31.1 Å². The van der Waals surface area contributed by atoms with E-state index in [9.17, 15) is 13.2 Å². The van der Waals surface area contributed by atoms with E-state index in [1.807, 2.05) is 30.3 Å². The SMILES string of the molecule is N=C(N)c1cccc(C[C@H](NS(=O)(=O)c2ccc3ccccc3c2)C(=O)N2CCC(CCCN)CC2)c1. The highest BCUT2D eigenvalue weighted by Gasteiger charge is 2.32. The van der Waals surface area contributed by atoms with Gasteiger partial charge in [0.1, 0.15) is 11.9 Å². The standard InChI is InChI=1S/C28H35N5O3S/c29-14-4-6-20-12-15-33(16-13-20)28(34)26(18-21-5-3-9-24(17-21)27(30)31)32-37(35,36)25-11-10-22-7-1-2-8-23(22)19-25/h1-3,5,7-11,17,19-20,26,32H,4,6,12-16,18,29H2,(H3,30,31)/t26-/m0/s1. The number of likely N-dealkylation sites (tertiary alicyclic amines) is 1. The van der Waals surface area contributed by atoms with Gasteiger partial charge in [0.05, 0.1) is 4.90 Å². The summed E-state index contributed by atoms with van der Waals surface area (Å²) in [6.07, 6.45) is 3.94. The summed E-state index contributed by atoms with van der Waals surface area (Å²) in [5.74, 6) is 0.212. The molecule has 8 nitrogen and oxygen atoms in total. The lowest BCUT2D eigenvalue weighted by Crippen LogP contribution is -2.51. The van der Waals surface area contributed by atoms with Crippen LogP contribution in [-0.4, -0.2) is 50.7 Å². The van der Waals surface area contributed by atoms with Crippen molar-refractivity contribution in [3.05, 3.63) is 77.9 Å². The van der Waals surface area contributed by atoms with Crippen molar-refractivity contribution >= 4 is 32.5 Å². The first-order valence-electron chi connectivity index (χ1n) is 12.7. The van der Waals surface area contributed by atoms with Gasteiger partial charge in [0, 0.05) is 18.7 Å². The minimum absolute atomic E-state index is 0.0824. The highest BCUT2D eigenvalue weighted by Crippen LogP contribution is 2.24. The van der Waals surface area contributed by atoms with Crippen molar-refractivity contribution in [2.75, 3.05) is 19.6 Å². The van der Waals surface area contributed by atoms with E-state index in [2.05, 4.69) is 4.72 Å². The average Bonchev–Trinajstić information content (AvgIpc) is 2.91. The molecule has 1 fully saturated rings. The number of fused-ring (bicyclic) bond motifs is 1. The van der Waals surface area contributed by atoms with Gasteiger partial charge in [-0.15, -0.1) is 0 Å². The Morgan fingerprint density at radius 2 is 1.76 bits per heavy atom. The average molecular weight is 522 g/mol. The van der Waals surface area contributed by atoms with E-state index in [0.717, 1.165) is 42.0 Å². The quantitative estimate of drug-likeness (QED) is 0.240. The van der Waals surface area contributed by atoms with Crippen LogP contribution in [-0.2, 0) is 21.2 Å². The highest BCUT2D eigenvalue weighted by atomic mass is 32.2. The van der Waals surface area contributed by atoms with Crippen molar-refractivity contribution < 1.29 is 13.2 Å². The molecule has 0 bridgehead atoms. The summed E-state index contributed by atoms with van der Waals surface area (Å²) in [7, 11) is -3.98. The van der Waals surface area contributed by atoms with Crippen molar-refractivity contribution in [1.29, 1.82) is 5.41 Å². The van der Waals surface area contributed by atoms with Gasteiger partial charge in [0.2, 0.25) is 15.9 Å². The zero-order valence-electron chi connectivity index (χ0n) is 20.9. The first kappa shape index (κ1) is 26.8. The third kappa shape index (κ3) is 6.74. The number of carbonyl (C=O) groups is 1. The molecule has 1 saturated heterocycles. The number of hydrogen-bond donors (Lipinski definition) is 4. The maximum atomic E-state index is 13.7. The Morgan fingerprint density at radius 1 is 1.03 bits per heavy atom. The van der Waals surface area contributed by atoms with Crippen molar-refractivity contribution in [1.82, 2.24) is 9.62 Å². The molecule has 0 radical (unpaired) electrons. The van der Waals surface area contributed by atoms with Crippen LogP contribution in [0.3, 0.4) is 0 Å². The van der Waals surface area contributed by atoms with E-state index in [-0.39, 0.29) is 23.1 Å². The number of piperidine rings is 1. The molecule has 0 spiro atoms. The van der Waals surface area contributed by atoms with Gasteiger partial charge in [0.15, 0.2) is 0 Å². The van der Waals surface area contributed by atoms with Crippen molar-refractivity contribution in [2.24, 2.45) is 17.4 Å². The molecule has 0 aromatic heterocycles. The lowest BCUT2D eigenvalue weighted by Gasteiger charge is -2.34. The summed E-state index contributed by atoms with van der Waals surface area (Å²) in [5, 5.41) is 9.48. The summed E-state index contributed by atoms with van der Waals surface area (Å²) in [4.78, 5) is 15.6. The molecular formula is C28H35N5O3S. The van der Waals surface area contributed by atoms with Crippen LogP contribution >= 0.6 is 0 Å². The van der Waals surface area contributed by atoms with Crippen molar-refractivity contribution in [3.63, 3.8) is 0 Å². The molecule has 3 aromatic carbocycles. The molecule has 0 saturated carbocycles. The number of carbonyl (C=O) groups excluding carboxylic acids is 1. The van der Waals surface area contributed by atoms with E-state index < -0.39 is 16.1 Å². The fraction of sp³-hybridized carbons (Fsp3) is 0.357. The Hall–Kier alpha value is -3.27. The zero-order chi connectivity index (χ0) is 26.4. The van der Waals surface area contributed by atoms with Crippen LogP contribution in [0.15, 0.2) is 71.6 Å². The number of hydrogen-bond acceptors (Lipinski definition) is 5. The van der Waals surface area contributed by atoms with E-state index in [4.69, 9.17) is 16.9 Å². The van der Waals surface area contributed by atoms with Crippen molar-refractivity contribution in [3.8, 4) is 0 Å². The fourth-order valence-electron chi connectivity index (χ4n) is 4.94. The second kappa shape index (κ2) is 11.9. The van der Waals surface area contributed by atoms with Gasteiger partial charge in [0.25, 0.3) is 0 Å². The maximum Gasteiger partial charge on any atom is 0.241 e. The molecule has 3 aromatic rings. The molecular weight excluding hydrogens is 486 g/mol. The first-order valence-corrected chi connectivity index (χ1v) is 14.2. The van der Waals surface area contributed by atoms with Crippen LogP contribution in [0.4, 0.5) is 0 Å². The van der Waals surface area contributed by atoms with Crippen LogP contribution in [0.25, 0.3) is 10.8 Å². The Morgan fingerprint density at radius 3 is 2.46 bits per heavy atom. The number of nitrogens with one attached hydrogen (secondary N) is 2. The molecule has 9 heteroatoms. The minimum atomic E-state index is -3.98. The summed E-state index contributed by atoms with van der Waals surface area (Å²) in [6.45, 7) is 1.85. The van der Waals surface area contributed by atoms with Gasteiger partial charge in [-0.2, -0.15) is 4.72 Å². The molecule has 0 aliphatic carbocycles. The summed E-state index contributed by atoms with van der Waals surface area (Å²) in [6, 6.07) is 18.5. The normalized spacial score (nSPS) is 15.5. The van der Waals surface area contributed by atoms with E-state index in [1.165, 1.54) is 0 Å². The molecule has 6 N–H and O–H groups in total. The predicted octanol–water partition coefficient (Wildman–Crippen LogP) is 2.99. The Balaban J connectivity index is 1.58. The fourth-order valence-corrected chi connectivity index (χ4v) is 6.16. The Kier molecular flexibility index (Phi) is 8.58. The lowest BCUT2D eigenvalue weighted by molar-refractivity contribution is -0.134. The van der Waals surface area contributed by atoms with Gasteiger partial charge in [-0.1, -0.05) is 48.5 Å². The van der Waals surface area contributed by atoms with Gasteiger partial charge in [-0.25, -0.2) is 8.42 Å². The van der Waals surface area contributed by atoms with Crippen LogP contribution in [0.5, 0.6) is 0 Å². The molecule has 4 rings (SSSR count).